The molecule has 90 valence electrons. The zero-order valence-corrected chi connectivity index (χ0v) is 9.93. The summed E-state index contributed by atoms with van der Waals surface area (Å²) in [5, 5.41) is 13.4. The number of allylic oxidation sites excluding steroid dienone is 3. The molecule has 0 aromatic carbocycles. The minimum absolute atomic E-state index is 0.371. The van der Waals surface area contributed by atoms with E-state index < -0.39 is 0 Å². The average molecular weight is 239 g/mol. The Morgan fingerprint density at radius 2 is 2.28 bits per heavy atom. The van der Waals surface area contributed by atoms with Crippen LogP contribution >= 0.6 is 0 Å². The topological polar surface area (TPSA) is 63.8 Å². The molecule has 3 heterocycles. The van der Waals surface area contributed by atoms with Crippen molar-refractivity contribution in [2.24, 2.45) is 10.1 Å². The summed E-state index contributed by atoms with van der Waals surface area (Å²) in [5.41, 5.74) is 5.14. The molecule has 3 aliphatic heterocycles. The van der Waals surface area contributed by atoms with Gasteiger partial charge in [0, 0.05) is 18.3 Å². The fourth-order valence-electron chi connectivity index (χ4n) is 2.26. The Labute approximate surface area is 105 Å². The summed E-state index contributed by atoms with van der Waals surface area (Å²) in [4.78, 5) is 6.16. The van der Waals surface area contributed by atoms with Gasteiger partial charge in [-0.1, -0.05) is 6.08 Å². The lowest BCUT2D eigenvalue weighted by atomic mass is 10.0. The van der Waals surface area contributed by atoms with Crippen molar-refractivity contribution < 1.29 is 0 Å². The molecule has 5 nitrogen and oxygen atoms in total. The van der Waals surface area contributed by atoms with Crippen LogP contribution in [0.25, 0.3) is 0 Å². The van der Waals surface area contributed by atoms with E-state index in [0.717, 1.165) is 37.1 Å². The van der Waals surface area contributed by atoms with Crippen molar-refractivity contribution >= 4 is 11.7 Å². The first kappa shape index (κ1) is 10.8. The summed E-state index contributed by atoms with van der Waals surface area (Å²) in [6.45, 7) is 0.864. The molecule has 0 fully saturated rings. The average Bonchev–Trinajstić information content (AvgIpc) is 2.38. The third-order valence-corrected chi connectivity index (χ3v) is 3.13. The number of aliphatic imine (C=N–C) groups is 1. The first-order valence-electron chi connectivity index (χ1n) is 6.07. The van der Waals surface area contributed by atoms with Gasteiger partial charge in [0.05, 0.1) is 5.70 Å². The number of nitrogens with zero attached hydrogens (tertiary/aromatic N) is 4. The van der Waals surface area contributed by atoms with Crippen LogP contribution in [0.3, 0.4) is 0 Å². The van der Waals surface area contributed by atoms with Crippen molar-refractivity contribution in [3.05, 3.63) is 35.7 Å². The van der Waals surface area contributed by atoms with Crippen molar-refractivity contribution in [3.63, 3.8) is 0 Å². The molecule has 1 N–H and O–H groups in total. The predicted octanol–water partition coefficient (Wildman–Crippen LogP) is 1.65. The van der Waals surface area contributed by atoms with Gasteiger partial charge in [0.15, 0.2) is 5.84 Å². The standard InChI is InChI=1S/C13H13N5/c14-9-12-16-13-10(5-1-3-7-15-17-13)11-6-2-4-8-18(11)12/h2,4,6,8,15H,1,3,5,7H2/b17-13+. The van der Waals surface area contributed by atoms with Crippen LogP contribution in [0.1, 0.15) is 19.3 Å². The van der Waals surface area contributed by atoms with E-state index >= 15 is 0 Å². The zero-order valence-electron chi connectivity index (χ0n) is 9.93. The van der Waals surface area contributed by atoms with Gasteiger partial charge in [0.2, 0.25) is 5.84 Å². The lowest BCUT2D eigenvalue weighted by Gasteiger charge is -2.29. The molecule has 0 amide bonds. The van der Waals surface area contributed by atoms with Gasteiger partial charge in [-0.25, -0.2) is 0 Å². The Balaban J connectivity index is 2.12. The Hall–Kier alpha value is -2.35. The number of rotatable bonds is 0. The fraction of sp³-hybridized carbons (Fsp3) is 0.308. The summed E-state index contributed by atoms with van der Waals surface area (Å²) in [6.07, 6.45) is 10.9. The molecule has 0 aromatic rings. The number of hydrazone groups is 1. The van der Waals surface area contributed by atoms with Crippen LogP contribution in [0, 0.1) is 11.3 Å². The summed E-state index contributed by atoms with van der Waals surface area (Å²) < 4.78 is 0. The smallest absolute Gasteiger partial charge is 0.219 e. The summed E-state index contributed by atoms with van der Waals surface area (Å²) in [7, 11) is 0. The van der Waals surface area contributed by atoms with Gasteiger partial charge in [-0.15, -0.1) is 0 Å². The highest BCUT2D eigenvalue weighted by Crippen LogP contribution is 2.27. The van der Waals surface area contributed by atoms with Crippen LogP contribution in [0.5, 0.6) is 0 Å². The van der Waals surface area contributed by atoms with Crippen LogP contribution in [-0.4, -0.2) is 23.1 Å². The van der Waals surface area contributed by atoms with Crippen LogP contribution in [0.4, 0.5) is 0 Å². The fourth-order valence-corrected chi connectivity index (χ4v) is 2.26. The monoisotopic (exact) mass is 239 g/mol. The molecular formula is C13H13N5. The van der Waals surface area contributed by atoms with Crippen LogP contribution < -0.4 is 5.43 Å². The minimum Gasteiger partial charge on any atom is -0.308 e. The highest BCUT2D eigenvalue weighted by Gasteiger charge is 2.26. The van der Waals surface area contributed by atoms with Crippen LogP contribution in [-0.2, 0) is 0 Å². The molecule has 0 saturated carbocycles. The molecular weight excluding hydrogens is 226 g/mol. The predicted molar refractivity (Wildman–Crippen MR) is 69.5 cm³/mol. The Morgan fingerprint density at radius 1 is 1.33 bits per heavy atom. The normalized spacial score (nSPS) is 24.7. The zero-order chi connectivity index (χ0) is 12.4. The van der Waals surface area contributed by atoms with Crippen LogP contribution in [0.15, 0.2) is 45.8 Å². The van der Waals surface area contributed by atoms with Crippen molar-refractivity contribution in [2.75, 3.05) is 6.54 Å². The molecule has 0 saturated heterocycles. The Bertz CT molecular complexity index is 556. The SMILES string of the molecule is N#CC1=N/C2=N/NCCCCC2=C2C=CC=CN12. The van der Waals surface area contributed by atoms with Gasteiger partial charge in [-0.05, 0) is 31.4 Å². The van der Waals surface area contributed by atoms with Crippen molar-refractivity contribution in [1.29, 1.82) is 5.26 Å². The van der Waals surface area contributed by atoms with Crippen molar-refractivity contribution in [1.82, 2.24) is 10.3 Å². The van der Waals surface area contributed by atoms with Gasteiger partial charge < -0.3 is 5.43 Å². The number of nitriles is 1. The van der Waals surface area contributed by atoms with E-state index in [2.05, 4.69) is 21.6 Å². The van der Waals surface area contributed by atoms with E-state index in [9.17, 15) is 0 Å². The van der Waals surface area contributed by atoms with Gasteiger partial charge in [-0.3, -0.25) is 4.90 Å². The lowest BCUT2D eigenvalue weighted by molar-refractivity contribution is 0.617. The lowest BCUT2D eigenvalue weighted by Crippen LogP contribution is -2.33. The number of fused-ring (bicyclic) bond motifs is 2. The molecule has 0 unspecified atom stereocenters. The van der Waals surface area contributed by atoms with E-state index in [1.54, 1.807) is 0 Å². The van der Waals surface area contributed by atoms with E-state index in [1.807, 2.05) is 29.3 Å². The Kier molecular flexibility index (Phi) is 2.69. The maximum atomic E-state index is 9.17. The van der Waals surface area contributed by atoms with E-state index in [4.69, 9.17) is 5.26 Å². The molecule has 5 heteroatoms. The van der Waals surface area contributed by atoms with Gasteiger partial charge in [0.25, 0.3) is 0 Å². The largest absolute Gasteiger partial charge is 0.308 e. The third kappa shape index (κ3) is 1.72. The highest BCUT2D eigenvalue weighted by atomic mass is 15.3. The summed E-state index contributed by atoms with van der Waals surface area (Å²) >= 11 is 0. The quantitative estimate of drug-likeness (QED) is 0.699. The highest BCUT2D eigenvalue weighted by molar-refractivity contribution is 6.14. The van der Waals surface area contributed by atoms with Crippen molar-refractivity contribution in [3.8, 4) is 6.07 Å². The molecule has 3 rings (SSSR count). The maximum Gasteiger partial charge on any atom is 0.219 e. The first-order valence-corrected chi connectivity index (χ1v) is 6.07. The number of nitrogens with one attached hydrogen (secondary N) is 1. The molecule has 0 aromatic heterocycles. The van der Waals surface area contributed by atoms with Crippen LogP contribution in [0.2, 0.25) is 0 Å². The van der Waals surface area contributed by atoms with E-state index in [1.165, 1.54) is 0 Å². The minimum atomic E-state index is 0.371. The molecule has 0 atom stereocenters. The molecule has 0 spiro atoms. The van der Waals surface area contributed by atoms with Crippen molar-refractivity contribution in [2.45, 2.75) is 19.3 Å². The number of hydrogen-bond acceptors (Lipinski definition) is 5. The van der Waals surface area contributed by atoms with E-state index in [-0.39, 0.29) is 0 Å². The third-order valence-electron chi connectivity index (χ3n) is 3.13. The molecule has 0 aliphatic carbocycles. The van der Waals surface area contributed by atoms with E-state index in [0.29, 0.717) is 11.7 Å². The molecule has 3 aliphatic rings. The Morgan fingerprint density at radius 3 is 3.17 bits per heavy atom. The molecule has 0 radical (unpaired) electrons. The molecule has 18 heavy (non-hydrogen) atoms. The summed E-state index contributed by atoms with van der Waals surface area (Å²) in [5.74, 6) is 1.02. The van der Waals surface area contributed by atoms with Gasteiger partial charge in [-0.2, -0.15) is 15.4 Å². The second-order valence-electron chi connectivity index (χ2n) is 4.28. The van der Waals surface area contributed by atoms with Gasteiger partial charge >= 0.3 is 0 Å². The number of hydrogen-bond donors (Lipinski definition) is 1. The second-order valence-corrected chi connectivity index (χ2v) is 4.28. The summed E-state index contributed by atoms with van der Waals surface area (Å²) in [6, 6.07) is 2.12. The van der Waals surface area contributed by atoms with Gasteiger partial charge in [0.1, 0.15) is 6.07 Å². The maximum absolute atomic E-state index is 9.17. The molecule has 0 bridgehead atoms. The number of amidine groups is 2. The first-order chi connectivity index (χ1) is 8.90. The second kappa shape index (κ2) is 4.49.